The summed E-state index contributed by atoms with van der Waals surface area (Å²) in [6, 6.07) is 2.22. The molecule has 0 bridgehead atoms. The van der Waals surface area contributed by atoms with E-state index in [1.165, 1.54) is 5.56 Å². The van der Waals surface area contributed by atoms with E-state index < -0.39 is 0 Å². The first-order valence-corrected chi connectivity index (χ1v) is 6.50. The maximum absolute atomic E-state index is 6.19. The molecule has 2 aromatic heterocycles. The Hall–Kier alpha value is -0.840. The van der Waals surface area contributed by atoms with Crippen molar-refractivity contribution in [1.29, 1.82) is 0 Å². The minimum atomic E-state index is 0.112. The van der Waals surface area contributed by atoms with Crippen molar-refractivity contribution >= 4 is 22.9 Å². The highest BCUT2D eigenvalue weighted by atomic mass is 35.5. The van der Waals surface area contributed by atoms with Gasteiger partial charge in [-0.15, -0.1) is 0 Å². The first-order chi connectivity index (χ1) is 7.77. The smallest absolute Gasteiger partial charge is 0.0837 e. The number of hydrogen-bond donors (Lipinski definition) is 1. The fraction of sp³-hybridized carbons (Fsp3) is 0.364. The Morgan fingerprint density at radius 3 is 3.00 bits per heavy atom. The van der Waals surface area contributed by atoms with Crippen LogP contribution in [0.25, 0.3) is 0 Å². The van der Waals surface area contributed by atoms with Crippen LogP contribution in [0.1, 0.15) is 24.2 Å². The number of aryl methyl sites for hydroxylation is 1. The lowest BCUT2D eigenvalue weighted by Crippen LogP contribution is -2.21. The molecule has 0 saturated carbocycles. The molecule has 0 amide bonds. The van der Waals surface area contributed by atoms with Crippen molar-refractivity contribution in [2.75, 3.05) is 7.05 Å². The molecule has 0 spiro atoms. The van der Waals surface area contributed by atoms with Crippen molar-refractivity contribution in [3.8, 4) is 0 Å². The second-order valence-corrected chi connectivity index (χ2v) is 4.66. The van der Waals surface area contributed by atoms with Gasteiger partial charge in [-0.3, -0.25) is 4.68 Å². The molecule has 5 heteroatoms. The van der Waals surface area contributed by atoms with Crippen LogP contribution in [0.5, 0.6) is 0 Å². The lowest BCUT2D eigenvalue weighted by atomic mass is 10.1. The standard InChI is InChI=1S/C11H14ClN3S/c1-3-15-11(9(12)6-14-15)10(13-2)8-4-5-16-7-8/h4-7,10,13H,3H2,1-2H3. The average molecular weight is 256 g/mol. The first-order valence-electron chi connectivity index (χ1n) is 5.18. The van der Waals surface area contributed by atoms with Crippen molar-refractivity contribution in [3.05, 3.63) is 39.3 Å². The van der Waals surface area contributed by atoms with Crippen molar-refractivity contribution < 1.29 is 0 Å². The predicted molar refractivity (Wildman–Crippen MR) is 68.1 cm³/mol. The number of hydrogen-bond acceptors (Lipinski definition) is 3. The number of halogens is 1. The van der Waals surface area contributed by atoms with E-state index in [-0.39, 0.29) is 6.04 Å². The van der Waals surface area contributed by atoms with Crippen LogP contribution in [0, 0.1) is 0 Å². The summed E-state index contributed by atoms with van der Waals surface area (Å²) in [6.07, 6.45) is 1.71. The SMILES string of the molecule is CCn1ncc(Cl)c1C(NC)c1ccsc1. The Balaban J connectivity index is 2.44. The molecular formula is C11H14ClN3S. The number of thiophene rings is 1. The van der Waals surface area contributed by atoms with E-state index in [1.54, 1.807) is 17.5 Å². The molecular weight excluding hydrogens is 242 g/mol. The van der Waals surface area contributed by atoms with E-state index in [2.05, 4.69) is 34.2 Å². The molecule has 1 N–H and O–H groups in total. The van der Waals surface area contributed by atoms with Crippen LogP contribution in [-0.4, -0.2) is 16.8 Å². The van der Waals surface area contributed by atoms with Gasteiger partial charge in [0.1, 0.15) is 0 Å². The van der Waals surface area contributed by atoms with Crippen molar-refractivity contribution in [2.24, 2.45) is 0 Å². The summed E-state index contributed by atoms with van der Waals surface area (Å²) < 4.78 is 1.93. The maximum atomic E-state index is 6.19. The van der Waals surface area contributed by atoms with Crippen LogP contribution >= 0.6 is 22.9 Å². The van der Waals surface area contributed by atoms with Crippen molar-refractivity contribution in [1.82, 2.24) is 15.1 Å². The van der Waals surface area contributed by atoms with Crippen LogP contribution in [0.3, 0.4) is 0 Å². The van der Waals surface area contributed by atoms with E-state index in [4.69, 9.17) is 11.6 Å². The Morgan fingerprint density at radius 2 is 2.44 bits per heavy atom. The van der Waals surface area contributed by atoms with Crippen LogP contribution in [0.2, 0.25) is 5.02 Å². The third-order valence-electron chi connectivity index (χ3n) is 2.57. The zero-order valence-corrected chi connectivity index (χ0v) is 10.8. The number of nitrogens with zero attached hydrogens (tertiary/aromatic N) is 2. The van der Waals surface area contributed by atoms with Crippen LogP contribution in [0.15, 0.2) is 23.0 Å². The minimum Gasteiger partial charge on any atom is -0.308 e. The topological polar surface area (TPSA) is 29.9 Å². The Bertz CT molecular complexity index is 450. The van der Waals surface area contributed by atoms with Crippen LogP contribution in [0.4, 0.5) is 0 Å². The predicted octanol–water partition coefficient (Wildman–Crippen LogP) is 2.93. The maximum Gasteiger partial charge on any atom is 0.0837 e. The number of aromatic nitrogens is 2. The molecule has 0 saturated heterocycles. The van der Waals surface area contributed by atoms with Gasteiger partial charge in [0.05, 0.1) is 23.0 Å². The van der Waals surface area contributed by atoms with Gasteiger partial charge < -0.3 is 5.32 Å². The highest BCUT2D eigenvalue weighted by molar-refractivity contribution is 7.08. The normalized spacial score (nSPS) is 12.9. The molecule has 0 fully saturated rings. The number of rotatable bonds is 4. The summed E-state index contributed by atoms with van der Waals surface area (Å²) in [5, 5.41) is 12.5. The van der Waals surface area contributed by atoms with E-state index in [0.29, 0.717) is 5.02 Å². The van der Waals surface area contributed by atoms with Crippen molar-refractivity contribution in [3.63, 3.8) is 0 Å². The summed E-state index contributed by atoms with van der Waals surface area (Å²) in [4.78, 5) is 0. The van der Waals surface area contributed by atoms with Crippen molar-refractivity contribution in [2.45, 2.75) is 19.5 Å². The minimum absolute atomic E-state index is 0.112. The molecule has 1 unspecified atom stereocenters. The second kappa shape index (κ2) is 4.99. The molecule has 0 aliphatic carbocycles. The number of nitrogens with one attached hydrogen (secondary N) is 1. The molecule has 0 aliphatic rings. The average Bonchev–Trinajstić information content (AvgIpc) is 2.91. The fourth-order valence-corrected chi connectivity index (χ4v) is 2.75. The lowest BCUT2D eigenvalue weighted by molar-refractivity contribution is 0.564. The zero-order chi connectivity index (χ0) is 11.5. The molecule has 1 atom stereocenters. The highest BCUT2D eigenvalue weighted by Crippen LogP contribution is 2.29. The summed E-state index contributed by atoms with van der Waals surface area (Å²) in [6.45, 7) is 2.89. The molecule has 0 aliphatic heterocycles. The van der Waals surface area contributed by atoms with Gasteiger partial charge in [0.15, 0.2) is 0 Å². The van der Waals surface area contributed by atoms with Gasteiger partial charge in [-0.1, -0.05) is 11.6 Å². The molecule has 2 heterocycles. The third-order valence-corrected chi connectivity index (χ3v) is 3.56. The van der Waals surface area contributed by atoms with Gasteiger partial charge in [-0.25, -0.2) is 0 Å². The quantitative estimate of drug-likeness (QED) is 0.911. The molecule has 2 aromatic rings. The monoisotopic (exact) mass is 255 g/mol. The summed E-state index contributed by atoms with van der Waals surface area (Å²) in [7, 11) is 1.94. The van der Waals surface area contributed by atoms with Gasteiger partial charge in [0.2, 0.25) is 0 Å². The van der Waals surface area contributed by atoms with E-state index in [1.807, 2.05) is 11.7 Å². The van der Waals surface area contributed by atoms with Gasteiger partial charge in [0.25, 0.3) is 0 Å². The van der Waals surface area contributed by atoms with E-state index >= 15 is 0 Å². The van der Waals surface area contributed by atoms with Gasteiger partial charge in [-0.2, -0.15) is 16.4 Å². The second-order valence-electron chi connectivity index (χ2n) is 3.47. The Labute approximate surface area is 104 Å². The largest absolute Gasteiger partial charge is 0.308 e. The Kier molecular flexibility index (Phi) is 3.63. The molecule has 0 radical (unpaired) electrons. The van der Waals surface area contributed by atoms with Crippen LogP contribution < -0.4 is 5.32 Å². The molecule has 0 aromatic carbocycles. The van der Waals surface area contributed by atoms with Gasteiger partial charge >= 0.3 is 0 Å². The van der Waals surface area contributed by atoms with Gasteiger partial charge in [0, 0.05) is 6.54 Å². The lowest BCUT2D eigenvalue weighted by Gasteiger charge is -2.17. The summed E-state index contributed by atoms with van der Waals surface area (Å²) in [5.41, 5.74) is 2.26. The molecule has 2 rings (SSSR count). The summed E-state index contributed by atoms with van der Waals surface area (Å²) in [5.74, 6) is 0. The summed E-state index contributed by atoms with van der Waals surface area (Å²) >= 11 is 7.88. The molecule has 3 nitrogen and oxygen atoms in total. The highest BCUT2D eigenvalue weighted by Gasteiger charge is 2.20. The molecule has 86 valence electrons. The fourth-order valence-electron chi connectivity index (χ4n) is 1.81. The Morgan fingerprint density at radius 1 is 1.62 bits per heavy atom. The van der Waals surface area contributed by atoms with E-state index in [9.17, 15) is 0 Å². The van der Waals surface area contributed by atoms with Crippen LogP contribution in [-0.2, 0) is 6.54 Å². The zero-order valence-electron chi connectivity index (χ0n) is 9.27. The van der Waals surface area contributed by atoms with Gasteiger partial charge in [-0.05, 0) is 36.4 Å². The third kappa shape index (κ3) is 2.00. The van der Waals surface area contributed by atoms with E-state index in [0.717, 1.165) is 12.2 Å². The molecule has 16 heavy (non-hydrogen) atoms. The first kappa shape index (κ1) is 11.6.